The first-order valence-electron chi connectivity index (χ1n) is 6.57. The Labute approximate surface area is 127 Å². The number of benzene rings is 1. The number of pyridine rings is 1. The molecule has 1 heterocycles. The van der Waals surface area contributed by atoms with Crippen LogP contribution in [0.2, 0.25) is 5.02 Å². The van der Waals surface area contributed by atoms with E-state index in [2.05, 4.69) is 22.5 Å². The van der Waals surface area contributed by atoms with Crippen LogP contribution < -0.4 is 10.6 Å². The van der Waals surface area contributed by atoms with Gasteiger partial charge >= 0.3 is 0 Å². The molecular formula is C15H15ClFN3O. The fraction of sp³-hybridized carbons (Fsp3) is 0.200. The third-order valence-electron chi connectivity index (χ3n) is 2.77. The lowest BCUT2D eigenvalue weighted by atomic mass is 10.2. The molecule has 110 valence electrons. The van der Waals surface area contributed by atoms with Crippen LogP contribution in [0.4, 0.5) is 15.9 Å². The number of hydrogen-bond acceptors (Lipinski definition) is 3. The van der Waals surface area contributed by atoms with Crippen molar-refractivity contribution in [2.75, 3.05) is 17.2 Å². The molecule has 1 aromatic carbocycles. The second-order valence-electron chi connectivity index (χ2n) is 4.41. The highest BCUT2D eigenvalue weighted by Crippen LogP contribution is 2.20. The van der Waals surface area contributed by atoms with Crippen molar-refractivity contribution in [1.82, 2.24) is 4.98 Å². The van der Waals surface area contributed by atoms with Gasteiger partial charge in [0.2, 0.25) is 0 Å². The molecule has 21 heavy (non-hydrogen) atoms. The zero-order valence-electron chi connectivity index (χ0n) is 11.5. The fourth-order valence-corrected chi connectivity index (χ4v) is 1.98. The van der Waals surface area contributed by atoms with Gasteiger partial charge < -0.3 is 10.6 Å². The zero-order chi connectivity index (χ0) is 15.2. The number of hydrogen-bond donors (Lipinski definition) is 2. The Balaban J connectivity index is 2.09. The highest BCUT2D eigenvalue weighted by molar-refractivity contribution is 6.34. The molecule has 0 saturated carbocycles. The first-order valence-corrected chi connectivity index (χ1v) is 6.95. The van der Waals surface area contributed by atoms with Crippen LogP contribution in [-0.4, -0.2) is 17.4 Å². The Hall–Kier alpha value is -2.14. The summed E-state index contributed by atoms with van der Waals surface area (Å²) in [4.78, 5) is 16.2. The summed E-state index contributed by atoms with van der Waals surface area (Å²) < 4.78 is 13.6. The Morgan fingerprint density at radius 1 is 1.33 bits per heavy atom. The maximum absolute atomic E-state index is 13.6. The minimum absolute atomic E-state index is 0.0710. The molecule has 0 spiro atoms. The average molecular weight is 308 g/mol. The van der Waals surface area contributed by atoms with E-state index in [9.17, 15) is 9.18 Å². The summed E-state index contributed by atoms with van der Waals surface area (Å²) in [6.07, 6.45) is 2.50. The SMILES string of the molecule is CCCNc1ccc(NC(=O)c2c(F)cccc2Cl)cn1. The molecule has 1 aromatic heterocycles. The van der Waals surface area contributed by atoms with E-state index in [-0.39, 0.29) is 10.6 Å². The van der Waals surface area contributed by atoms with E-state index < -0.39 is 11.7 Å². The Bertz CT molecular complexity index is 611. The van der Waals surface area contributed by atoms with Crippen molar-refractivity contribution in [2.45, 2.75) is 13.3 Å². The third kappa shape index (κ3) is 3.92. The van der Waals surface area contributed by atoms with Gasteiger partial charge in [0.1, 0.15) is 11.6 Å². The van der Waals surface area contributed by atoms with Crippen LogP contribution >= 0.6 is 11.6 Å². The van der Waals surface area contributed by atoms with Crippen molar-refractivity contribution in [1.29, 1.82) is 0 Å². The highest BCUT2D eigenvalue weighted by Gasteiger charge is 2.15. The van der Waals surface area contributed by atoms with Gasteiger partial charge in [-0.1, -0.05) is 24.6 Å². The predicted octanol–water partition coefficient (Wildman–Crippen LogP) is 3.95. The van der Waals surface area contributed by atoms with Crippen LogP contribution in [0.15, 0.2) is 36.5 Å². The van der Waals surface area contributed by atoms with Crippen LogP contribution in [0.1, 0.15) is 23.7 Å². The smallest absolute Gasteiger partial charge is 0.260 e. The minimum atomic E-state index is -0.658. The summed E-state index contributed by atoms with van der Waals surface area (Å²) in [5.41, 5.74) is 0.300. The van der Waals surface area contributed by atoms with Crippen molar-refractivity contribution in [2.24, 2.45) is 0 Å². The topological polar surface area (TPSA) is 54.0 Å². The number of carbonyl (C=O) groups is 1. The summed E-state index contributed by atoms with van der Waals surface area (Å²) in [6.45, 7) is 2.88. The second-order valence-corrected chi connectivity index (χ2v) is 4.82. The lowest BCUT2D eigenvalue weighted by molar-refractivity contribution is 0.102. The molecule has 1 amide bonds. The Morgan fingerprint density at radius 2 is 2.14 bits per heavy atom. The number of carbonyl (C=O) groups excluding carboxylic acids is 1. The lowest BCUT2D eigenvalue weighted by Crippen LogP contribution is -2.14. The number of rotatable bonds is 5. The first-order chi connectivity index (χ1) is 10.1. The Morgan fingerprint density at radius 3 is 2.76 bits per heavy atom. The van der Waals surface area contributed by atoms with Crippen LogP contribution in [0.3, 0.4) is 0 Å². The molecule has 0 saturated heterocycles. The Kier molecular flexibility index (Phi) is 5.11. The summed E-state index contributed by atoms with van der Waals surface area (Å²) in [7, 11) is 0. The largest absolute Gasteiger partial charge is 0.370 e. The van der Waals surface area contributed by atoms with Gasteiger partial charge in [-0.25, -0.2) is 9.37 Å². The third-order valence-corrected chi connectivity index (χ3v) is 3.08. The van der Waals surface area contributed by atoms with Crippen LogP contribution in [0.25, 0.3) is 0 Å². The van der Waals surface area contributed by atoms with Gasteiger partial charge in [-0.2, -0.15) is 0 Å². The maximum Gasteiger partial charge on any atom is 0.260 e. The van der Waals surface area contributed by atoms with E-state index in [1.54, 1.807) is 12.1 Å². The molecule has 0 unspecified atom stereocenters. The van der Waals surface area contributed by atoms with Crippen LogP contribution in [0.5, 0.6) is 0 Å². The van der Waals surface area contributed by atoms with Crippen LogP contribution in [0, 0.1) is 5.82 Å². The molecule has 0 aliphatic heterocycles. The number of halogens is 2. The molecule has 0 fully saturated rings. The molecule has 2 rings (SSSR count). The van der Waals surface area contributed by atoms with Crippen molar-refractivity contribution >= 4 is 29.0 Å². The highest BCUT2D eigenvalue weighted by atomic mass is 35.5. The van der Waals surface area contributed by atoms with Gasteiger partial charge in [0.25, 0.3) is 5.91 Å². The maximum atomic E-state index is 13.6. The van der Waals surface area contributed by atoms with Gasteiger partial charge in [0.05, 0.1) is 22.5 Å². The fourth-order valence-electron chi connectivity index (χ4n) is 1.73. The summed E-state index contributed by atoms with van der Waals surface area (Å²) >= 11 is 5.85. The molecule has 2 N–H and O–H groups in total. The van der Waals surface area contributed by atoms with Gasteiger partial charge in [-0.3, -0.25) is 4.79 Å². The molecule has 0 atom stereocenters. The predicted molar refractivity (Wildman–Crippen MR) is 82.4 cm³/mol. The number of anilines is 2. The molecule has 6 heteroatoms. The number of aromatic nitrogens is 1. The summed E-state index contributed by atoms with van der Waals surface area (Å²) in [6, 6.07) is 7.54. The van der Waals surface area contributed by atoms with Crippen LogP contribution in [-0.2, 0) is 0 Å². The van der Waals surface area contributed by atoms with E-state index in [1.807, 2.05) is 0 Å². The average Bonchev–Trinajstić information content (AvgIpc) is 2.46. The molecular weight excluding hydrogens is 293 g/mol. The first kappa shape index (κ1) is 15.3. The standard InChI is InChI=1S/C15H15ClFN3O/c1-2-8-18-13-7-6-10(9-19-13)20-15(21)14-11(16)4-3-5-12(14)17/h3-7,9H,2,8H2,1H3,(H,18,19)(H,20,21). The quantitative estimate of drug-likeness (QED) is 0.879. The van der Waals surface area contributed by atoms with Crippen molar-refractivity contribution in [3.63, 3.8) is 0 Å². The van der Waals surface area contributed by atoms with Gasteiger partial charge in [0.15, 0.2) is 0 Å². The van der Waals surface area contributed by atoms with Gasteiger partial charge in [-0.05, 0) is 30.7 Å². The lowest BCUT2D eigenvalue weighted by Gasteiger charge is -2.08. The molecule has 2 aromatic rings. The monoisotopic (exact) mass is 307 g/mol. The van der Waals surface area contributed by atoms with Gasteiger partial charge in [0, 0.05) is 6.54 Å². The normalized spacial score (nSPS) is 10.2. The zero-order valence-corrected chi connectivity index (χ0v) is 12.2. The van der Waals surface area contributed by atoms with Crippen molar-refractivity contribution in [3.8, 4) is 0 Å². The van der Waals surface area contributed by atoms with Crippen molar-refractivity contribution in [3.05, 3.63) is 52.9 Å². The molecule has 4 nitrogen and oxygen atoms in total. The summed E-state index contributed by atoms with van der Waals surface area (Å²) in [5, 5.41) is 5.76. The molecule has 0 aliphatic rings. The summed E-state index contributed by atoms with van der Waals surface area (Å²) in [5.74, 6) is -0.540. The number of amides is 1. The molecule has 0 radical (unpaired) electrons. The molecule has 0 aliphatic carbocycles. The number of nitrogens with zero attached hydrogens (tertiary/aromatic N) is 1. The van der Waals surface area contributed by atoms with Crippen molar-refractivity contribution < 1.29 is 9.18 Å². The van der Waals surface area contributed by atoms with E-state index in [1.165, 1.54) is 24.4 Å². The molecule has 0 bridgehead atoms. The van der Waals surface area contributed by atoms with E-state index in [0.717, 1.165) is 18.8 Å². The van der Waals surface area contributed by atoms with E-state index in [4.69, 9.17) is 11.6 Å². The number of nitrogens with one attached hydrogen (secondary N) is 2. The minimum Gasteiger partial charge on any atom is -0.370 e. The van der Waals surface area contributed by atoms with E-state index in [0.29, 0.717) is 5.69 Å². The van der Waals surface area contributed by atoms with E-state index >= 15 is 0 Å². The van der Waals surface area contributed by atoms with Gasteiger partial charge in [-0.15, -0.1) is 0 Å². The second kappa shape index (κ2) is 7.04.